The molecule has 0 saturated heterocycles. The van der Waals surface area contributed by atoms with Crippen molar-refractivity contribution in [2.45, 2.75) is 5.92 Å². The maximum absolute atomic E-state index is 10.6. The summed E-state index contributed by atoms with van der Waals surface area (Å²) in [7, 11) is 0. The lowest BCUT2D eigenvalue weighted by Gasteiger charge is -2.06. The first kappa shape index (κ1) is 11.6. The van der Waals surface area contributed by atoms with Gasteiger partial charge in [-0.05, 0) is 12.1 Å². The average molecular weight is 225 g/mol. The molecule has 0 aromatic carbocycles. The van der Waals surface area contributed by atoms with Crippen LogP contribution in [0, 0.1) is 0 Å². The predicted molar refractivity (Wildman–Crippen MR) is 49.2 cm³/mol. The van der Waals surface area contributed by atoms with Gasteiger partial charge in [-0.1, -0.05) is 0 Å². The number of carboxylic acids is 3. The van der Waals surface area contributed by atoms with Gasteiger partial charge in [0.2, 0.25) is 0 Å². The second-order valence-corrected chi connectivity index (χ2v) is 2.89. The highest BCUT2D eigenvalue weighted by Crippen LogP contribution is 2.14. The monoisotopic (exact) mass is 225 g/mol. The normalized spacial score (nSPS) is 10.1. The van der Waals surface area contributed by atoms with Gasteiger partial charge in [0.25, 0.3) is 0 Å². The van der Waals surface area contributed by atoms with Crippen LogP contribution in [0.3, 0.4) is 0 Å². The van der Waals surface area contributed by atoms with Gasteiger partial charge in [0.1, 0.15) is 0 Å². The van der Waals surface area contributed by atoms with Crippen molar-refractivity contribution < 1.29 is 29.7 Å². The Morgan fingerprint density at radius 3 is 1.94 bits per heavy atom. The lowest BCUT2D eigenvalue weighted by atomic mass is 10.1. The molecular formula is C9H7NO6. The fraction of sp³-hybridized carbons (Fsp3) is 0.111. The largest absolute Gasteiger partial charge is 0.480 e. The summed E-state index contributed by atoms with van der Waals surface area (Å²) in [6.45, 7) is 0. The first-order chi connectivity index (χ1) is 7.43. The fourth-order valence-electron chi connectivity index (χ4n) is 1.06. The molecule has 0 fully saturated rings. The summed E-state index contributed by atoms with van der Waals surface area (Å²) < 4.78 is 0. The minimum absolute atomic E-state index is 0.140. The number of hydrogen-bond donors (Lipinski definition) is 3. The fourth-order valence-corrected chi connectivity index (χ4v) is 1.06. The summed E-state index contributed by atoms with van der Waals surface area (Å²) in [5.41, 5.74) is -0.358. The Morgan fingerprint density at radius 1 is 1.06 bits per heavy atom. The van der Waals surface area contributed by atoms with Crippen LogP contribution < -0.4 is 0 Å². The molecule has 0 spiro atoms. The van der Waals surface area contributed by atoms with E-state index in [1.54, 1.807) is 0 Å². The molecule has 1 heterocycles. The Bertz CT molecular complexity index is 424. The Kier molecular flexibility index (Phi) is 3.19. The third-order valence-electron chi connectivity index (χ3n) is 1.82. The van der Waals surface area contributed by atoms with E-state index in [9.17, 15) is 14.4 Å². The maximum Gasteiger partial charge on any atom is 0.337 e. The van der Waals surface area contributed by atoms with E-state index in [0.717, 1.165) is 18.3 Å². The Hall–Kier alpha value is -2.44. The van der Waals surface area contributed by atoms with E-state index >= 15 is 0 Å². The lowest BCUT2D eigenvalue weighted by molar-refractivity contribution is -0.150. The average Bonchev–Trinajstić information content (AvgIpc) is 2.17. The number of rotatable bonds is 4. The molecule has 1 rings (SSSR count). The number of aromatic nitrogens is 1. The molecule has 16 heavy (non-hydrogen) atoms. The molecule has 7 heteroatoms. The van der Waals surface area contributed by atoms with Crippen molar-refractivity contribution in [1.29, 1.82) is 0 Å². The van der Waals surface area contributed by atoms with Crippen molar-refractivity contribution in [3.05, 3.63) is 29.6 Å². The van der Waals surface area contributed by atoms with Crippen LogP contribution in [0.1, 0.15) is 22.0 Å². The summed E-state index contributed by atoms with van der Waals surface area (Å²) in [6, 6.07) is 2.17. The van der Waals surface area contributed by atoms with Gasteiger partial charge in [-0.3, -0.25) is 14.6 Å². The molecule has 0 amide bonds. The zero-order valence-electron chi connectivity index (χ0n) is 7.82. The third-order valence-corrected chi connectivity index (χ3v) is 1.82. The molecule has 0 unspecified atom stereocenters. The number of carboxylic acid groups (broad SMARTS) is 3. The Balaban J connectivity index is 3.08. The minimum atomic E-state index is -1.79. The number of aliphatic carboxylic acids is 2. The van der Waals surface area contributed by atoms with Crippen molar-refractivity contribution in [3.63, 3.8) is 0 Å². The van der Waals surface area contributed by atoms with Crippen LogP contribution in [0.2, 0.25) is 0 Å². The predicted octanol–water partition coefficient (Wildman–Crippen LogP) is 0.0326. The Morgan fingerprint density at radius 2 is 1.62 bits per heavy atom. The molecule has 0 bridgehead atoms. The molecule has 0 saturated carbocycles. The molecule has 84 valence electrons. The summed E-state index contributed by atoms with van der Waals surface area (Å²) in [5, 5.41) is 25.8. The topological polar surface area (TPSA) is 125 Å². The highest BCUT2D eigenvalue weighted by atomic mass is 16.4. The maximum atomic E-state index is 10.6. The van der Waals surface area contributed by atoms with E-state index in [1.807, 2.05) is 0 Å². The highest BCUT2D eigenvalue weighted by Gasteiger charge is 2.29. The third kappa shape index (κ3) is 2.32. The van der Waals surface area contributed by atoms with Crippen LogP contribution in [-0.2, 0) is 9.59 Å². The molecular weight excluding hydrogens is 218 g/mol. The van der Waals surface area contributed by atoms with Gasteiger partial charge in [-0.25, -0.2) is 4.79 Å². The molecule has 0 aliphatic carbocycles. The molecule has 0 aliphatic heterocycles. The van der Waals surface area contributed by atoms with Gasteiger partial charge in [-0.15, -0.1) is 0 Å². The van der Waals surface area contributed by atoms with Crippen LogP contribution in [0.5, 0.6) is 0 Å². The SMILES string of the molecule is O=C(O)c1ccc(C(C(=O)O)C(=O)O)nc1. The van der Waals surface area contributed by atoms with E-state index in [1.165, 1.54) is 0 Å². The summed E-state index contributed by atoms with van der Waals surface area (Å²) >= 11 is 0. The van der Waals surface area contributed by atoms with Crippen molar-refractivity contribution in [1.82, 2.24) is 4.98 Å². The lowest BCUT2D eigenvalue weighted by Crippen LogP contribution is -2.22. The molecule has 0 radical (unpaired) electrons. The van der Waals surface area contributed by atoms with Crippen molar-refractivity contribution in [2.24, 2.45) is 0 Å². The van der Waals surface area contributed by atoms with Crippen LogP contribution in [-0.4, -0.2) is 38.2 Å². The Labute approximate surface area is 89.0 Å². The van der Waals surface area contributed by atoms with Gasteiger partial charge in [0, 0.05) is 6.20 Å². The second kappa shape index (κ2) is 4.39. The van der Waals surface area contributed by atoms with E-state index in [-0.39, 0.29) is 11.3 Å². The van der Waals surface area contributed by atoms with Crippen LogP contribution >= 0.6 is 0 Å². The quantitative estimate of drug-likeness (QED) is 0.617. The van der Waals surface area contributed by atoms with Crippen LogP contribution in [0.25, 0.3) is 0 Å². The standard InChI is InChI=1S/C9H7NO6/c11-7(12)4-1-2-5(10-3-4)6(8(13)14)9(15)16/h1-3,6H,(H,11,12)(H,13,14)(H,15,16). The summed E-state index contributed by atoms with van der Waals surface area (Å²) in [6.07, 6.45) is 0.913. The molecule has 0 atom stereocenters. The first-order valence-corrected chi connectivity index (χ1v) is 4.08. The van der Waals surface area contributed by atoms with Crippen LogP contribution in [0.15, 0.2) is 18.3 Å². The van der Waals surface area contributed by atoms with Gasteiger partial charge >= 0.3 is 17.9 Å². The second-order valence-electron chi connectivity index (χ2n) is 2.89. The van der Waals surface area contributed by atoms with Crippen molar-refractivity contribution >= 4 is 17.9 Å². The molecule has 1 aromatic rings. The molecule has 0 aliphatic rings. The summed E-state index contributed by atoms with van der Waals surface area (Å²) in [4.78, 5) is 35.2. The first-order valence-electron chi connectivity index (χ1n) is 4.08. The smallest absolute Gasteiger partial charge is 0.337 e. The highest BCUT2D eigenvalue weighted by molar-refractivity contribution is 5.98. The summed E-state index contributed by atoms with van der Waals surface area (Å²) in [5.74, 6) is -6.12. The van der Waals surface area contributed by atoms with Crippen molar-refractivity contribution in [2.75, 3.05) is 0 Å². The van der Waals surface area contributed by atoms with Crippen LogP contribution in [0.4, 0.5) is 0 Å². The minimum Gasteiger partial charge on any atom is -0.480 e. The number of nitrogens with zero attached hydrogens (tertiary/aromatic N) is 1. The van der Waals surface area contributed by atoms with Gasteiger partial charge in [-0.2, -0.15) is 0 Å². The van der Waals surface area contributed by atoms with Gasteiger partial charge < -0.3 is 15.3 Å². The van der Waals surface area contributed by atoms with Gasteiger partial charge in [0.15, 0.2) is 5.92 Å². The number of pyridine rings is 1. The molecule has 7 nitrogen and oxygen atoms in total. The van der Waals surface area contributed by atoms with Crippen molar-refractivity contribution in [3.8, 4) is 0 Å². The zero-order chi connectivity index (χ0) is 12.3. The number of hydrogen-bond acceptors (Lipinski definition) is 4. The molecule has 3 N–H and O–H groups in total. The van der Waals surface area contributed by atoms with Gasteiger partial charge in [0.05, 0.1) is 11.3 Å². The number of aromatic carboxylic acids is 1. The van der Waals surface area contributed by atoms with E-state index in [2.05, 4.69) is 4.98 Å². The molecule has 1 aromatic heterocycles. The van der Waals surface area contributed by atoms with E-state index < -0.39 is 23.8 Å². The number of carbonyl (C=O) groups is 3. The zero-order valence-corrected chi connectivity index (χ0v) is 7.82. The van der Waals surface area contributed by atoms with E-state index in [4.69, 9.17) is 15.3 Å². The van der Waals surface area contributed by atoms with E-state index in [0.29, 0.717) is 0 Å².